The van der Waals surface area contributed by atoms with Crippen LogP contribution in [-0.2, 0) is 0 Å². The van der Waals surface area contributed by atoms with Crippen molar-refractivity contribution in [2.75, 3.05) is 0 Å². The van der Waals surface area contributed by atoms with E-state index >= 15 is 0 Å². The molecule has 0 aliphatic heterocycles. The first-order chi connectivity index (χ1) is 27.4. The summed E-state index contributed by atoms with van der Waals surface area (Å²) in [6, 6.07) is 52.0. The minimum Gasteiger partial charge on any atom is -0.309 e. The van der Waals surface area contributed by atoms with Crippen LogP contribution in [0.1, 0.15) is 6.85 Å². The van der Waals surface area contributed by atoms with Crippen molar-refractivity contribution < 1.29 is 6.85 Å². The van der Waals surface area contributed by atoms with Crippen LogP contribution in [0, 0.1) is 0 Å². The van der Waals surface area contributed by atoms with E-state index in [0.717, 1.165) is 64.5 Å². The fourth-order valence-electron chi connectivity index (χ4n) is 7.99. The van der Waals surface area contributed by atoms with Gasteiger partial charge in [0.25, 0.3) is 0 Å². The first-order valence-electron chi connectivity index (χ1n) is 19.5. The van der Waals surface area contributed by atoms with Crippen molar-refractivity contribution in [3.63, 3.8) is 0 Å². The molecule has 238 valence electrons. The number of hydrogen-bond acceptors (Lipinski definition) is 1. The Labute approximate surface area is 305 Å². The lowest BCUT2D eigenvalue weighted by molar-refractivity contribution is 1.18. The Morgan fingerprint density at radius 3 is 1.69 bits per heavy atom. The predicted octanol–water partition coefficient (Wildman–Crippen LogP) is 13.6. The van der Waals surface area contributed by atoms with Gasteiger partial charge in [0, 0.05) is 53.1 Å². The number of rotatable bonds is 4. The Hall–Kier alpha value is -6.42. The molecule has 3 aromatic heterocycles. The fraction of sp³-hybridized carbons (Fsp3) is 0. The zero-order valence-electron chi connectivity index (χ0n) is 32.2. The smallest absolute Gasteiger partial charge is 0.0629 e. The molecule has 11 aromatic rings. The number of aromatic nitrogens is 2. The minimum atomic E-state index is -0.390. The maximum atomic E-state index is 8.76. The number of thiophene rings is 1. The highest BCUT2D eigenvalue weighted by molar-refractivity contribution is 7.26. The van der Waals surface area contributed by atoms with E-state index < -0.39 is 0 Å². The van der Waals surface area contributed by atoms with Gasteiger partial charge in [-0.25, -0.2) is 0 Å². The molecule has 0 bridgehead atoms. The molecule has 0 N–H and O–H groups in total. The highest BCUT2D eigenvalue weighted by Gasteiger charge is 2.17. The quantitative estimate of drug-likeness (QED) is 0.176. The van der Waals surface area contributed by atoms with Gasteiger partial charge in [-0.05, 0) is 95.1 Å². The number of nitrogens with zero attached hydrogens (tertiary/aromatic N) is 2. The van der Waals surface area contributed by atoms with Crippen LogP contribution in [0.3, 0.4) is 0 Å². The Morgan fingerprint density at radius 2 is 1.00 bits per heavy atom. The number of fused-ring (bicyclic) bond motifs is 9. The largest absolute Gasteiger partial charge is 0.309 e. The van der Waals surface area contributed by atoms with Crippen LogP contribution < -0.4 is 0 Å². The molecule has 3 heteroatoms. The predicted molar refractivity (Wildman–Crippen MR) is 219 cm³/mol. The van der Waals surface area contributed by atoms with Gasteiger partial charge in [-0.1, -0.05) is 109 Å². The monoisotopic (exact) mass is 671 g/mol. The molecule has 8 aromatic carbocycles. The maximum Gasteiger partial charge on any atom is 0.0629 e. The van der Waals surface area contributed by atoms with Gasteiger partial charge >= 0.3 is 0 Å². The summed E-state index contributed by atoms with van der Waals surface area (Å²) in [6.45, 7) is 0. The molecule has 0 radical (unpaired) electrons. The molecular formula is C48H30N2S. The van der Waals surface area contributed by atoms with Crippen LogP contribution in [0.4, 0.5) is 0 Å². The molecule has 0 saturated heterocycles. The average molecular weight is 672 g/mol. The van der Waals surface area contributed by atoms with Crippen LogP contribution in [-0.4, -0.2) is 9.13 Å². The second-order valence-electron chi connectivity index (χ2n) is 13.0. The van der Waals surface area contributed by atoms with E-state index in [9.17, 15) is 0 Å². The standard InChI is InChI=1S/C48H30N2S/c1-3-12-31(13-4-1)36-18-11-21-47-48(36)41-30-35(24-27-46(41)51-47)50-43-20-10-8-17-38(43)40-29-33(23-26-45(40)50)32-22-25-44-39(28-32)37-16-7-9-19-42(37)49(44)34-14-5-2-6-15-34/h1-30H/i1D,3D,4D,12D,13D. The van der Waals surface area contributed by atoms with Crippen molar-refractivity contribution in [1.82, 2.24) is 9.13 Å². The van der Waals surface area contributed by atoms with Gasteiger partial charge in [-0.3, -0.25) is 0 Å². The van der Waals surface area contributed by atoms with E-state index in [2.05, 4.69) is 143 Å². The first-order valence-corrected chi connectivity index (χ1v) is 17.8. The number of para-hydroxylation sites is 3. The van der Waals surface area contributed by atoms with Crippen LogP contribution in [0.15, 0.2) is 182 Å². The van der Waals surface area contributed by atoms with Crippen LogP contribution in [0.25, 0.3) is 97.4 Å². The third-order valence-electron chi connectivity index (χ3n) is 10.2. The van der Waals surface area contributed by atoms with Gasteiger partial charge < -0.3 is 9.13 Å². The van der Waals surface area contributed by atoms with Crippen LogP contribution >= 0.6 is 11.3 Å². The summed E-state index contributed by atoms with van der Waals surface area (Å²) in [5.74, 6) is 0. The van der Waals surface area contributed by atoms with Crippen molar-refractivity contribution in [1.29, 1.82) is 0 Å². The van der Waals surface area contributed by atoms with E-state index in [1.54, 1.807) is 11.3 Å². The molecule has 0 aliphatic rings. The molecule has 3 heterocycles. The summed E-state index contributed by atoms with van der Waals surface area (Å²) >= 11 is 1.64. The molecule has 0 saturated carbocycles. The van der Waals surface area contributed by atoms with E-state index in [1.807, 2.05) is 18.2 Å². The lowest BCUT2D eigenvalue weighted by Gasteiger charge is -2.10. The Balaban J connectivity index is 1.10. The van der Waals surface area contributed by atoms with Gasteiger partial charge in [-0.2, -0.15) is 0 Å². The molecule has 0 aliphatic carbocycles. The highest BCUT2D eigenvalue weighted by atomic mass is 32.1. The topological polar surface area (TPSA) is 9.86 Å². The van der Waals surface area contributed by atoms with E-state index in [-0.39, 0.29) is 35.8 Å². The normalized spacial score (nSPS) is 13.3. The first kappa shape index (κ1) is 23.9. The summed E-state index contributed by atoms with van der Waals surface area (Å²) in [5, 5.41) is 6.61. The second-order valence-corrected chi connectivity index (χ2v) is 14.0. The van der Waals surface area contributed by atoms with Gasteiger partial charge in [0.1, 0.15) is 0 Å². The van der Waals surface area contributed by atoms with Crippen molar-refractivity contribution in [2.24, 2.45) is 0 Å². The lowest BCUT2D eigenvalue weighted by Crippen LogP contribution is -1.93. The van der Waals surface area contributed by atoms with Gasteiger partial charge in [0.2, 0.25) is 0 Å². The summed E-state index contributed by atoms with van der Waals surface area (Å²) in [7, 11) is 0. The molecule has 11 rings (SSSR count). The Bertz CT molecular complexity index is 3400. The van der Waals surface area contributed by atoms with Crippen molar-refractivity contribution >= 4 is 75.1 Å². The summed E-state index contributed by atoms with van der Waals surface area (Å²) in [6.07, 6.45) is 0. The SMILES string of the molecule is [2H]c1c([2H])c([2H])c(-c2cccc3sc4ccc(-n5c6ccccc6c6cc(-c7ccc8c(c7)c7ccccc7n8-c7ccccc7)ccc65)cc4c23)c([2H])c1[2H]. The zero-order chi connectivity index (χ0) is 37.8. The Morgan fingerprint density at radius 1 is 0.392 bits per heavy atom. The fourth-order valence-corrected chi connectivity index (χ4v) is 9.10. The third kappa shape index (κ3) is 4.29. The molecule has 0 unspecified atom stereocenters. The van der Waals surface area contributed by atoms with Crippen molar-refractivity contribution in [3.8, 4) is 33.6 Å². The van der Waals surface area contributed by atoms with Crippen LogP contribution in [0.5, 0.6) is 0 Å². The van der Waals surface area contributed by atoms with E-state index in [4.69, 9.17) is 6.85 Å². The molecular weight excluding hydrogens is 637 g/mol. The average Bonchev–Trinajstić information content (AvgIpc) is 3.90. The molecule has 0 fully saturated rings. The lowest BCUT2D eigenvalue weighted by atomic mass is 9.99. The number of benzene rings is 8. The van der Waals surface area contributed by atoms with E-state index in [0.29, 0.717) is 5.56 Å². The number of hydrogen-bond donors (Lipinski definition) is 0. The maximum absolute atomic E-state index is 8.76. The molecule has 2 nitrogen and oxygen atoms in total. The molecule has 0 atom stereocenters. The zero-order valence-corrected chi connectivity index (χ0v) is 28.1. The molecule has 0 spiro atoms. The minimum absolute atomic E-state index is 0.196. The summed E-state index contributed by atoms with van der Waals surface area (Å²) in [5.41, 5.74) is 9.80. The molecule has 0 amide bonds. The highest BCUT2D eigenvalue weighted by Crippen LogP contribution is 2.43. The van der Waals surface area contributed by atoms with Crippen molar-refractivity contribution in [2.45, 2.75) is 0 Å². The summed E-state index contributed by atoms with van der Waals surface area (Å²) < 4.78 is 49.1. The second kappa shape index (κ2) is 11.0. The van der Waals surface area contributed by atoms with E-state index in [1.165, 1.54) is 21.8 Å². The summed E-state index contributed by atoms with van der Waals surface area (Å²) in [4.78, 5) is 0. The van der Waals surface area contributed by atoms with Crippen molar-refractivity contribution in [3.05, 3.63) is 182 Å². The van der Waals surface area contributed by atoms with Gasteiger partial charge in [0.05, 0.1) is 28.9 Å². The van der Waals surface area contributed by atoms with Gasteiger partial charge in [-0.15, -0.1) is 11.3 Å². The third-order valence-corrected chi connectivity index (χ3v) is 11.3. The Kier molecular flexibility index (Phi) is 5.17. The van der Waals surface area contributed by atoms with Gasteiger partial charge in [0.15, 0.2) is 0 Å². The van der Waals surface area contributed by atoms with Crippen LogP contribution in [0.2, 0.25) is 0 Å². The molecule has 51 heavy (non-hydrogen) atoms.